The van der Waals surface area contributed by atoms with Crippen LogP contribution in [0.25, 0.3) is 0 Å². The van der Waals surface area contributed by atoms with Crippen molar-refractivity contribution in [3.8, 4) is 0 Å². The molecule has 3 atom stereocenters. The monoisotopic (exact) mass is 506 g/mol. The Labute approximate surface area is 206 Å². The van der Waals surface area contributed by atoms with Crippen LogP contribution in [-0.2, 0) is 14.4 Å². The van der Waals surface area contributed by atoms with E-state index < -0.39 is 23.4 Å². The largest absolute Gasteiger partial charge is 0.477 e. The second kappa shape index (κ2) is 9.65. The summed E-state index contributed by atoms with van der Waals surface area (Å²) in [4.78, 5) is 43.5. The smallest absolute Gasteiger partial charge is 0.352 e. The molecule has 2 fully saturated rings. The van der Waals surface area contributed by atoms with Gasteiger partial charge in [0.25, 0.3) is 5.91 Å². The van der Waals surface area contributed by atoms with Crippen LogP contribution < -0.4 is 5.32 Å². The zero-order valence-corrected chi connectivity index (χ0v) is 21.0. The van der Waals surface area contributed by atoms with Crippen molar-refractivity contribution in [2.45, 2.75) is 44.3 Å². The van der Waals surface area contributed by atoms with Gasteiger partial charge in [-0.3, -0.25) is 19.4 Å². The first-order valence-electron chi connectivity index (χ1n) is 10.6. The lowest BCUT2D eigenvalue weighted by Gasteiger charge is -2.50. The fraction of sp³-hybridized carbons (Fsp3) is 0.455. The van der Waals surface area contributed by atoms with Gasteiger partial charge in [0.1, 0.15) is 27.5 Å². The van der Waals surface area contributed by atoms with E-state index in [1.807, 2.05) is 35.2 Å². The number of hydrogen-bond donors (Lipinski definition) is 2. The van der Waals surface area contributed by atoms with Gasteiger partial charge >= 0.3 is 5.97 Å². The molecule has 0 aliphatic carbocycles. The number of amides is 2. The molecule has 0 radical (unpaired) electrons. The molecule has 2 amide bonds. The zero-order valence-electron chi connectivity index (χ0n) is 18.6. The van der Waals surface area contributed by atoms with E-state index in [9.17, 15) is 19.5 Å². The highest BCUT2D eigenvalue weighted by atomic mass is 32.2. The lowest BCUT2D eigenvalue weighted by Crippen LogP contribution is -2.71. The molecule has 8 nitrogen and oxygen atoms in total. The predicted octanol–water partition coefficient (Wildman–Crippen LogP) is 2.45. The van der Waals surface area contributed by atoms with Crippen molar-refractivity contribution in [2.24, 2.45) is 0 Å². The van der Waals surface area contributed by atoms with Gasteiger partial charge in [-0.25, -0.2) is 4.79 Å². The molecule has 1 aromatic carbocycles. The van der Waals surface area contributed by atoms with E-state index in [4.69, 9.17) is 12.2 Å². The summed E-state index contributed by atoms with van der Waals surface area (Å²) in [5.74, 6) is -0.715. The van der Waals surface area contributed by atoms with E-state index in [0.29, 0.717) is 23.9 Å². The third-order valence-electron chi connectivity index (χ3n) is 5.93. The minimum absolute atomic E-state index is 0.0300. The van der Waals surface area contributed by atoms with Crippen LogP contribution in [0.5, 0.6) is 0 Å². The van der Waals surface area contributed by atoms with Gasteiger partial charge in [0.2, 0.25) is 5.91 Å². The maximum Gasteiger partial charge on any atom is 0.352 e. The van der Waals surface area contributed by atoms with Crippen LogP contribution in [0.1, 0.15) is 32.4 Å². The molecule has 1 aromatic rings. The van der Waals surface area contributed by atoms with E-state index in [0.717, 1.165) is 9.88 Å². The van der Waals surface area contributed by atoms with Gasteiger partial charge in [-0.1, -0.05) is 54.3 Å². The quantitative estimate of drug-likeness (QED) is 0.446. The Kier molecular flexibility index (Phi) is 7.04. The Bertz CT molecular complexity index is 1020. The van der Waals surface area contributed by atoms with Crippen LogP contribution in [0, 0.1) is 0 Å². The first-order chi connectivity index (χ1) is 15.7. The van der Waals surface area contributed by atoms with Gasteiger partial charge in [0.05, 0.1) is 12.5 Å². The number of fused-ring (bicyclic) bond motifs is 1. The summed E-state index contributed by atoms with van der Waals surface area (Å²) >= 11 is 8.49. The number of hydrogen-bond acceptors (Lipinski definition) is 7. The van der Waals surface area contributed by atoms with Gasteiger partial charge in [-0.15, -0.1) is 11.8 Å². The summed E-state index contributed by atoms with van der Waals surface area (Å²) in [6.45, 7) is 6.34. The molecule has 0 saturated carbocycles. The van der Waals surface area contributed by atoms with E-state index >= 15 is 0 Å². The topological polar surface area (TPSA) is 93.2 Å². The van der Waals surface area contributed by atoms with E-state index in [1.165, 1.54) is 28.4 Å². The number of carboxylic acid groups (broad SMARTS) is 1. The Hall–Kier alpha value is -2.08. The van der Waals surface area contributed by atoms with E-state index in [-0.39, 0.29) is 23.6 Å². The van der Waals surface area contributed by atoms with Crippen LogP contribution in [0.3, 0.4) is 0 Å². The van der Waals surface area contributed by atoms with Crippen molar-refractivity contribution in [1.82, 2.24) is 20.0 Å². The van der Waals surface area contributed by atoms with Crippen LogP contribution in [0.2, 0.25) is 0 Å². The lowest BCUT2D eigenvalue weighted by atomic mass is 10.0. The van der Waals surface area contributed by atoms with Gasteiger partial charge in [-0.2, -0.15) is 0 Å². The normalized spacial score (nSPS) is 24.5. The molecule has 3 aliphatic rings. The highest BCUT2D eigenvalue weighted by Crippen LogP contribution is 2.40. The van der Waals surface area contributed by atoms with Gasteiger partial charge in [0, 0.05) is 11.8 Å². The summed E-state index contributed by atoms with van der Waals surface area (Å²) in [7, 11) is 0. The fourth-order valence-corrected chi connectivity index (χ4v) is 6.88. The number of thiocarbonyl (C=S) groups is 1. The molecule has 2 N–H and O–H groups in total. The van der Waals surface area contributed by atoms with Gasteiger partial charge in [-0.05, 0) is 31.9 Å². The Morgan fingerprint density at radius 1 is 1.24 bits per heavy atom. The summed E-state index contributed by atoms with van der Waals surface area (Å²) in [5.41, 5.74) is 1.51. The third-order valence-corrected chi connectivity index (χ3v) is 8.89. The molecular formula is C22H26N4O4S3. The number of carbonyl (C=O) groups excluding carboxylic acids is 2. The second-order valence-corrected chi connectivity index (χ2v) is 11.2. The molecule has 3 aliphatic heterocycles. The number of rotatable bonds is 6. The predicted molar refractivity (Wildman–Crippen MR) is 133 cm³/mol. The SMILES string of the molecule is CC1=C(C(=O)O)N2C(=O)C(NC(=O)C(c3ccccc3)N3CSC(=S)N(C(C)C)C3)C2SC1. The number of nitrogens with zero attached hydrogens (tertiary/aromatic N) is 3. The molecule has 2 saturated heterocycles. The second-order valence-electron chi connectivity index (χ2n) is 8.48. The molecule has 11 heteroatoms. The van der Waals surface area contributed by atoms with Crippen LogP contribution >= 0.6 is 35.7 Å². The number of nitrogens with one attached hydrogen (secondary N) is 1. The Morgan fingerprint density at radius 2 is 1.94 bits per heavy atom. The van der Waals surface area contributed by atoms with Crippen molar-refractivity contribution < 1.29 is 19.5 Å². The van der Waals surface area contributed by atoms with E-state index in [2.05, 4.69) is 24.1 Å². The molecule has 0 spiro atoms. The number of carboxylic acids is 1. The van der Waals surface area contributed by atoms with Gasteiger partial charge in [0.15, 0.2) is 0 Å². The highest BCUT2D eigenvalue weighted by Gasteiger charge is 2.54. The molecule has 0 bridgehead atoms. The van der Waals surface area contributed by atoms with Crippen LogP contribution in [0.4, 0.5) is 0 Å². The van der Waals surface area contributed by atoms with Crippen molar-refractivity contribution in [1.29, 1.82) is 0 Å². The average molecular weight is 507 g/mol. The van der Waals surface area contributed by atoms with Crippen molar-refractivity contribution in [3.63, 3.8) is 0 Å². The summed E-state index contributed by atoms with van der Waals surface area (Å²) in [6, 6.07) is 8.31. The van der Waals surface area contributed by atoms with Crippen LogP contribution in [-0.4, -0.2) is 77.7 Å². The number of β-lactam (4-membered cyclic amide) rings is 1. The Balaban J connectivity index is 1.56. The standard InChI is InChI=1S/C22H26N4O4S3/c1-12(2)25-10-24(11-33-22(25)31)17(14-7-5-4-6-8-14)18(27)23-15-19(28)26-16(21(29)30)13(3)9-32-20(15)26/h4-8,12,15,17,20H,9-11H2,1-3H3,(H,23,27)(H,29,30). The third kappa shape index (κ3) is 4.51. The van der Waals surface area contributed by atoms with Gasteiger partial charge < -0.3 is 15.3 Å². The first-order valence-corrected chi connectivity index (χ1v) is 13.1. The van der Waals surface area contributed by atoms with Crippen molar-refractivity contribution in [2.75, 3.05) is 18.3 Å². The summed E-state index contributed by atoms with van der Waals surface area (Å²) in [5, 5.41) is 12.1. The van der Waals surface area contributed by atoms with Crippen molar-refractivity contribution >= 4 is 57.8 Å². The molecule has 33 heavy (non-hydrogen) atoms. The fourth-order valence-electron chi connectivity index (χ4n) is 4.22. The molecule has 3 unspecified atom stereocenters. The summed E-state index contributed by atoms with van der Waals surface area (Å²) < 4.78 is 0.806. The number of thioether (sulfide) groups is 2. The molecular weight excluding hydrogens is 480 g/mol. The summed E-state index contributed by atoms with van der Waals surface area (Å²) in [6.07, 6.45) is 0. The highest BCUT2D eigenvalue weighted by molar-refractivity contribution is 8.22. The molecule has 3 heterocycles. The van der Waals surface area contributed by atoms with Crippen molar-refractivity contribution in [3.05, 3.63) is 47.2 Å². The van der Waals surface area contributed by atoms with E-state index in [1.54, 1.807) is 6.92 Å². The molecule has 4 rings (SSSR count). The molecule has 0 aromatic heterocycles. The number of aliphatic carboxylic acids is 1. The Morgan fingerprint density at radius 3 is 2.58 bits per heavy atom. The number of carbonyl (C=O) groups is 3. The zero-order chi connectivity index (χ0) is 23.9. The maximum absolute atomic E-state index is 13.6. The lowest BCUT2D eigenvalue weighted by molar-refractivity contribution is -0.151. The number of benzene rings is 1. The maximum atomic E-state index is 13.6. The minimum atomic E-state index is -1.12. The van der Waals surface area contributed by atoms with Crippen LogP contribution in [0.15, 0.2) is 41.6 Å². The first kappa shape index (κ1) is 24.1. The minimum Gasteiger partial charge on any atom is -0.477 e. The molecule has 176 valence electrons. The average Bonchev–Trinajstić information content (AvgIpc) is 2.78.